The van der Waals surface area contributed by atoms with Gasteiger partial charge in [-0.2, -0.15) is 0 Å². The lowest BCUT2D eigenvalue weighted by atomic mass is 10.1. The van der Waals surface area contributed by atoms with Crippen LogP contribution in [0.25, 0.3) is 6.08 Å². The van der Waals surface area contributed by atoms with Crippen molar-refractivity contribution in [2.24, 2.45) is 0 Å². The molecule has 0 fully saturated rings. The van der Waals surface area contributed by atoms with Gasteiger partial charge in [-0.1, -0.05) is 6.07 Å². The van der Waals surface area contributed by atoms with Gasteiger partial charge in [0.1, 0.15) is 10.7 Å². The van der Waals surface area contributed by atoms with Crippen molar-refractivity contribution in [3.8, 4) is 0 Å². The minimum atomic E-state index is -3.64. The minimum absolute atomic E-state index is 0.0834. The summed E-state index contributed by atoms with van der Waals surface area (Å²) < 4.78 is 36.3. The molecule has 108 valence electrons. The molecule has 0 saturated heterocycles. The SMILES string of the molecule is CS(=O)(=O)c1ccc(C(=O)C=Cc2cccnc2)cc1F. The average molecular weight is 305 g/mol. The summed E-state index contributed by atoms with van der Waals surface area (Å²) in [5, 5.41) is 0. The molecular formula is C15H12FNO3S. The maximum atomic E-state index is 13.7. The fourth-order valence-corrected chi connectivity index (χ4v) is 2.43. The topological polar surface area (TPSA) is 64.1 Å². The molecule has 1 aromatic heterocycles. The molecule has 0 radical (unpaired) electrons. The fraction of sp³-hybridized carbons (Fsp3) is 0.0667. The number of allylic oxidation sites excluding steroid dienone is 1. The molecule has 2 aromatic rings. The number of ketones is 1. The zero-order valence-electron chi connectivity index (χ0n) is 11.2. The quantitative estimate of drug-likeness (QED) is 0.643. The molecule has 0 atom stereocenters. The Bertz CT molecular complexity index is 799. The number of carbonyl (C=O) groups is 1. The summed E-state index contributed by atoms with van der Waals surface area (Å²) >= 11 is 0. The standard InChI is InChI=1S/C15H12FNO3S/c1-21(19,20)15-7-5-12(9-13(15)16)14(18)6-4-11-3-2-8-17-10-11/h2-10H,1H3. The van der Waals surface area contributed by atoms with Crippen molar-refractivity contribution in [3.63, 3.8) is 0 Å². The van der Waals surface area contributed by atoms with E-state index in [1.54, 1.807) is 30.6 Å². The number of pyridine rings is 1. The number of benzene rings is 1. The molecule has 0 aliphatic carbocycles. The van der Waals surface area contributed by atoms with Gasteiger partial charge in [0.05, 0.1) is 0 Å². The number of rotatable bonds is 4. The first kappa shape index (κ1) is 15.1. The van der Waals surface area contributed by atoms with Crippen LogP contribution in [0.3, 0.4) is 0 Å². The lowest BCUT2D eigenvalue weighted by Gasteiger charge is -2.02. The van der Waals surface area contributed by atoms with Crippen LogP contribution in [0.1, 0.15) is 15.9 Å². The molecule has 0 amide bonds. The maximum Gasteiger partial charge on any atom is 0.185 e. The molecule has 0 spiro atoms. The third-order valence-corrected chi connectivity index (χ3v) is 3.86. The molecule has 1 aromatic carbocycles. The highest BCUT2D eigenvalue weighted by molar-refractivity contribution is 7.90. The van der Waals surface area contributed by atoms with Gasteiger partial charge in [-0.15, -0.1) is 0 Å². The van der Waals surface area contributed by atoms with Gasteiger partial charge in [0, 0.05) is 24.2 Å². The van der Waals surface area contributed by atoms with Crippen molar-refractivity contribution in [3.05, 3.63) is 65.7 Å². The molecular weight excluding hydrogens is 293 g/mol. The summed E-state index contributed by atoms with van der Waals surface area (Å²) in [6, 6.07) is 6.80. The number of halogens is 1. The zero-order valence-corrected chi connectivity index (χ0v) is 12.0. The van der Waals surface area contributed by atoms with Crippen molar-refractivity contribution >= 4 is 21.7 Å². The third kappa shape index (κ3) is 3.82. The summed E-state index contributed by atoms with van der Waals surface area (Å²) in [5.74, 6) is -1.35. The van der Waals surface area contributed by atoms with Crippen LogP contribution < -0.4 is 0 Å². The van der Waals surface area contributed by atoms with Crippen molar-refractivity contribution in [2.75, 3.05) is 6.26 Å². The van der Waals surface area contributed by atoms with E-state index in [1.807, 2.05) is 0 Å². The number of nitrogens with zero attached hydrogens (tertiary/aromatic N) is 1. The van der Waals surface area contributed by atoms with Crippen LogP contribution >= 0.6 is 0 Å². The Labute approximate surface area is 121 Å². The Hall–Kier alpha value is -2.34. The monoisotopic (exact) mass is 305 g/mol. The Morgan fingerprint density at radius 2 is 2.05 bits per heavy atom. The molecule has 0 unspecified atom stereocenters. The van der Waals surface area contributed by atoms with Crippen molar-refractivity contribution in [2.45, 2.75) is 4.90 Å². The van der Waals surface area contributed by atoms with Crippen LogP contribution in [0.4, 0.5) is 4.39 Å². The van der Waals surface area contributed by atoms with Crippen LogP contribution in [0, 0.1) is 5.82 Å². The largest absolute Gasteiger partial charge is 0.289 e. The summed E-state index contributed by atoms with van der Waals surface area (Å²) in [6.45, 7) is 0. The summed E-state index contributed by atoms with van der Waals surface area (Å²) in [4.78, 5) is 15.4. The van der Waals surface area contributed by atoms with E-state index >= 15 is 0 Å². The second-order valence-electron chi connectivity index (χ2n) is 4.40. The Morgan fingerprint density at radius 3 is 2.62 bits per heavy atom. The predicted octanol–water partition coefficient (Wildman–Crippen LogP) is 2.52. The molecule has 0 aliphatic rings. The molecule has 6 heteroatoms. The van der Waals surface area contributed by atoms with Crippen molar-refractivity contribution in [1.82, 2.24) is 4.98 Å². The molecule has 21 heavy (non-hydrogen) atoms. The van der Waals surface area contributed by atoms with Crippen LogP contribution in [-0.2, 0) is 9.84 Å². The van der Waals surface area contributed by atoms with Crippen molar-refractivity contribution in [1.29, 1.82) is 0 Å². The van der Waals surface area contributed by atoms with Gasteiger partial charge in [-0.05, 0) is 42.0 Å². The van der Waals surface area contributed by atoms with E-state index in [0.29, 0.717) is 0 Å². The second kappa shape index (κ2) is 5.97. The van der Waals surface area contributed by atoms with E-state index in [9.17, 15) is 17.6 Å². The normalized spacial score (nSPS) is 11.7. The highest BCUT2D eigenvalue weighted by Crippen LogP contribution is 2.16. The Morgan fingerprint density at radius 1 is 1.29 bits per heavy atom. The van der Waals surface area contributed by atoms with E-state index in [4.69, 9.17) is 0 Å². The Kier molecular flexibility index (Phi) is 4.28. The first-order chi connectivity index (χ1) is 9.88. The molecule has 1 heterocycles. The molecule has 4 nitrogen and oxygen atoms in total. The average Bonchev–Trinajstić information content (AvgIpc) is 2.44. The van der Waals surface area contributed by atoms with E-state index in [2.05, 4.69) is 4.98 Å². The maximum absolute atomic E-state index is 13.7. The Balaban J connectivity index is 2.25. The summed E-state index contributed by atoms with van der Waals surface area (Å²) in [7, 11) is -3.64. The molecule has 0 saturated carbocycles. The first-order valence-electron chi connectivity index (χ1n) is 6.00. The zero-order chi connectivity index (χ0) is 15.5. The summed E-state index contributed by atoms with van der Waals surface area (Å²) in [6.07, 6.45) is 6.94. The lowest BCUT2D eigenvalue weighted by molar-refractivity contribution is 0.104. The van der Waals surface area contributed by atoms with Gasteiger partial charge < -0.3 is 0 Å². The first-order valence-corrected chi connectivity index (χ1v) is 7.89. The van der Waals surface area contributed by atoms with Gasteiger partial charge >= 0.3 is 0 Å². The fourth-order valence-electron chi connectivity index (χ4n) is 1.70. The van der Waals surface area contributed by atoms with Crippen LogP contribution in [0.5, 0.6) is 0 Å². The third-order valence-electron chi connectivity index (χ3n) is 2.73. The molecule has 0 N–H and O–H groups in total. The van der Waals surface area contributed by atoms with Gasteiger partial charge in [0.2, 0.25) is 0 Å². The number of sulfone groups is 1. The number of carbonyl (C=O) groups excluding carboxylic acids is 1. The van der Waals surface area contributed by atoms with Crippen LogP contribution in [0.2, 0.25) is 0 Å². The molecule has 0 aliphatic heterocycles. The van der Waals surface area contributed by atoms with Gasteiger partial charge in [0.25, 0.3) is 0 Å². The molecule has 0 bridgehead atoms. The highest BCUT2D eigenvalue weighted by atomic mass is 32.2. The van der Waals surface area contributed by atoms with Crippen LogP contribution in [-0.4, -0.2) is 25.4 Å². The molecule has 2 rings (SSSR count). The van der Waals surface area contributed by atoms with Crippen LogP contribution in [0.15, 0.2) is 53.7 Å². The van der Waals surface area contributed by atoms with Gasteiger partial charge in [0.15, 0.2) is 15.6 Å². The van der Waals surface area contributed by atoms with E-state index < -0.39 is 26.3 Å². The number of aromatic nitrogens is 1. The minimum Gasteiger partial charge on any atom is -0.289 e. The predicted molar refractivity (Wildman–Crippen MR) is 77.1 cm³/mol. The van der Waals surface area contributed by atoms with E-state index in [1.165, 1.54) is 12.1 Å². The van der Waals surface area contributed by atoms with E-state index in [-0.39, 0.29) is 5.56 Å². The highest BCUT2D eigenvalue weighted by Gasteiger charge is 2.15. The van der Waals surface area contributed by atoms with Gasteiger partial charge in [-0.25, -0.2) is 12.8 Å². The smallest absolute Gasteiger partial charge is 0.185 e. The second-order valence-corrected chi connectivity index (χ2v) is 6.39. The van der Waals surface area contributed by atoms with E-state index in [0.717, 1.165) is 24.0 Å². The van der Waals surface area contributed by atoms with Crippen molar-refractivity contribution < 1.29 is 17.6 Å². The summed E-state index contributed by atoms with van der Waals surface area (Å²) in [5.41, 5.74) is 0.819. The van der Waals surface area contributed by atoms with Gasteiger partial charge in [-0.3, -0.25) is 9.78 Å². The lowest BCUT2D eigenvalue weighted by Crippen LogP contribution is -2.03. The number of hydrogen-bond donors (Lipinski definition) is 0. The number of hydrogen-bond acceptors (Lipinski definition) is 4.